The smallest absolute Gasteiger partial charge is 0.255 e. The Morgan fingerprint density at radius 1 is 1.39 bits per heavy atom. The molecule has 1 aromatic heterocycles. The number of ketones is 1. The van der Waals surface area contributed by atoms with Crippen molar-refractivity contribution >= 4 is 27.6 Å². The number of Topliss-reactive ketones (excluding diaryl/α,β-unsaturated/α-hetero) is 1. The third kappa shape index (κ3) is 2.96. The van der Waals surface area contributed by atoms with Crippen molar-refractivity contribution in [2.75, 3.05) is 7.05 Å². The van der Waals surface area contributed by atoms with Gasteiger partial charge >= 0.3 is 0 Å². The quantitative estimate of drug-likeness (QED) is 0.843. The van der Waals surface area contributed by atoms with Crippen LogP contribution in [0.5, 0.6) is 0 Å². The minimum Gasteiger partial charge on any atom is -0.339 e. The van der Waals surface area contributed by atoms with E-state index in [9.17, 15) is 9.59 Å². The molecule has 96 valence electrons. The minimum atomic E-state index is -0.0388. The highest BCUT2D eigenvalue weighted by atomic mass is 79.9. The van der Waals surface area contributed by atoms with Gasteiger partial charge in [-0.1, -0.05) is 0 Å². The number of pyridine rings is 1. The van der Waals surface area contributed by atoms with Gasteiger partial charge in [-0.3, -0.25) is 14.6 Å². The Kier molecular flexibility index (Phi) is 4.11. The molecule has 1 amide bonds. The molecule has 4 nitrogen and oxygen atoms in total. The van der Waals surface area contributed by atoms with Crippen LogP contribution in [0.2, 0.25) is 0 Å². The number of halogens is 1. The predicted octanol–water partition coefficient (Wildman–Crippen LogP) is 2.43. The molecule has 0 aliphatic heterocycles. The molecule has 2 rings (SSSR count). The van der Waals surface area contributed by atoms with Crippen LogP contribution < -0.4 is 0 Å². The molecule has 1 saturated carbocycles. The van der Waals surface area contributed by atoms with E-state index in [2.05, 4.69) is 20.9 Å². The fourth-order valence-electron chi connectivity index (χ4n) is 2.21. The number of amides is 1. The monoisotopic (exact) mass is 310 g/mol. The molecule has 0 bridgehead atoms. The van der Waals surface area contributed by atoms with Crippen molar-refractivity contribution in [3.05, 3.63) is 28.5 Å². The van der Waals surface area contributed by atoms with E-state index in [0.29, 0.717) is 24.2 Å². The average Bonchev–Trinajstić information content (AvgIpc) is 2.38. The number of hydrogen-bond acceptors (Lipinski definition) is 3. The standard InChI is InChI=1S/C13H15BrN2O2/c1-16(11-2-4-12(17)5-3-11)13(18)9-6-10(14)8-15-7-9/h6-8,11H,2-5H2,1H3. The maximum atomic E-state index is 12.3. The van der Waals surface area contributed by atoms with Gasteiger partial charge in [0.1, 0.15) is 5.78 Å². The van der Waals surface area contributed by atoms with E-state index in [1.165, 1.54) is 0 Å². The van der Waals surface area contributed by atoms with Gasteiger partial charge in [0.15, 0.2) is 0 Å². The first-order valence-electron chi connectivity index (χ1n) is 5.97. The Morgan fingerprint density at radius 2 is 2.06 bits per heavy atom. The second-order valence-electron chi connectivity index (χ2n) is 4.58. The highest BCUT2D eigenvalue weighted by molar-refractivity contribution is 9.10. The molecule has 1 aliphatic carbocycles. The molecule has 0 atom stereocenters. The van der Waals surface area contributed by atoms with Crippen molar-refractivity contribution in [2.24, 2.45) is 0 Å². The van der Waals surface area contributed by atoms with E-state index < -0.39 is 0 Å². The lowest BCUT2D eigenvalue weighted by atomic mass is 9.93. The third-order valence-corrected chi connectivity index (χ3v) is 3.77. The average molecular weight is 311 g/mol. The maximum absolute atomic E-state index is 12.3. The van der Waals surface area contributed by atoms with Crippen LogP contribution in [-0.2, 0) is 4.79 Å². The molecule has 0 saturated heterocycles. The lowest BCUT2D eigenvalue weighted by Crippen LogP contribution is -2.39. The van der Waals surface area contributed by atoms with Crippen molar-refractivity contribution in [3.63, 3.8) is 0 Å². The normalized spacial score (nSPS) is 16.7. The van der Waals surface area contributed by atoms with Crippen LogP contribution >= 0.6 is 15.9 Å². The van der Waals surface area contributed by atoms with Crippen LogP contribution in [0.1, 0.15) is 36.0 Å². The first kappa shape index (κ1) is 13.2. The van der Waals surface area contributed by atoms with E-state index in [4.69, 9.17) is 0 Å². The van der Waals surface area contributed by atoms with Crippen LogP contribution in [0, 0.1) is 0 Å². The molecule has 1 fully saturated rings. The molecule has 5 heteroatoms. The first-order valence-corrected chi connectivity index (χ1v) is 6.76. The van der Waals surface area contributed by atoms with E-state index in [0.717, 1.165) is 17.3 Å². The summed E-state index contributed by atoms with van der Waals surface area (Å²) in [7, 11) is 1.80. The van der Waals surface area contributed by atoms with Crippen molar-refractivity contribution in [1.82, 2.24) is 9.88 Å². The van der Waals surface area contributed by atoms with Crippen molar-refractivity contribution in [2.45, 2.75) is 31.7 Å². The second kappa shape index (κ2) is 5.61. The zero-order valence-corrected chi connectivity index (χ0v) is 11.8. The molecule has 18 heavy (non-hydrogen) atoms. The summed E-state index contributed by atoms with van der Waals surface area (Å²) < 4.78 is 0.792. The summed E-state index contributed by atoms with van der Waals surface area (Å²) in [6, 6.07) is 1.92. The van der Waals surface area contributed by atoms with Crippen molar-refractivity contribution in [3.8, 4) is 0 Å². The summed E-state index contributed by atoms with van der Waals surface area (Å²) >= 11 is 3.31. The van der Waals surface area contributed by atoms with Gasteiger partial charge in [-0.15, -0.1) is 0 Å². The molecule has 0 radical (unpaired) electrons. The molecule has 1 aromatic rings. The van der Waals surface area contributed by atoms with Crippen molar-refractivity contribution in [1.29, 1.82) is 0 Å². The summed E-state index contributed by atoms with van der Waals surface area (Å²) in [5, 5.41) is 0. The molecule has 0 aromatic carbocycles. The van der Waals surface area contributed by atoms with E-state index >= 15 is 0 Å². The molecule has 0 N–H and O–H groups in total. The Bertz CT molecular complexity index is 466. The minimum absolute atomic E-state index is 0.0388. The molecular formula is C13H15BrN2O2. The molecule has 0 spiro atoms. The number of hydrogen-bond donors (Lipinski definition) is 0. The number of nitrogens with zero attached hydrogens (tertiary/aromatic N) is 2. The van der Waals surface area contributed by atoms with Gasteiger partial charge in [0.2, 0.25) is 0 Å². The zero-order chi connectivity index (χ0) is 13.1. The van der Waals surface area contributed by atoms with Crippen LogP contribution in [0.15, 0.2) is 22.9 Å². The third-order valence-electron chi connectivity index (χ3n) is 3.33. The largest absolute Gasteiger partial charge is 0.339 e. The van der Waals surface area contributed by atoms with Crippen LogP contribution in [0.25, 0.3) is 0 Å². The lowest BCUT2D eigenvalue weighted by molar-refractivity contribution is -0.121. The van der Waals surface area contributed by atoms with Gasteiger partial charge in [0, 0.05) is 42.8 Å². The summed E-state index contributed by atoms with van der Waals surface area (Å²) in [5.41, 5.74) is 0.573. The van der Waals surface area contributed by atoms with Crippen LogP contribution in [0.3, 0.4) is 0 Å². The SMILES string of the molecule is CN(C(=O)c1cncc(Br)c1)C1CCC(=O)CC1. The zero-order valence-electron chi connectivity index (χ0n) is 10.2. The maximum Gasteiger partial charge on any atom is 0.255 e. The highest BCUT2D eigenvalue weighted by Crippen LogP contribution is 2.21. The summed E-state index contributed by atoms with van der Waals surface area (Å²) in [6.45, 7) is 0. The van der Waals surface area contributed by atoms with E-state index in [1.807, 2.05) is 0 Å². The Balaban J connectivity index is 2.07. The molecule has 0 unspecified atom stereocenters. The molecule has 1 aliphatic rings. The van der Waals surface area contributed by atoms with E-state index in [-0.39, 0.29) is 11.9 Å². The van der Waals surface area contributed by atoms with Gasteiger partial charge in [0.25, 0.3) is 5.91 Å². The second-order valence-corrected chi connectivity index (χ2v) is 5.49. The Hall–Kier alpha value is -1.23. The number of carbonyl (C=O) groups is 2. The highest BCUT2D eigenvalue weighted by Gasteiger charge is 2.25. The van der Waals surface area contributed by atoms with Gasteiger partial charge in [-0.2, -0.15) is 0 Å². The molecular weight excluding hydrogens is 296 g/mol. The number of carbonyl (C=O) groups excluding carboxylic acids is 2. The summed E-state index contributed by atoms with van der Waals surface area (Å²) in [5.74, 6) is 0.263. The van der Waals surface area contributed by atoms with Gasteiger partial charge < -0.3 is 4.90 Å². The summed E-state index contributed by atoms with van der Waals surface area (Å²) in [4.78, 5) is 29.2. The van der Waals surface area contributed by atoms with E-state index in [1.54, 1.807) is 30.4 Å². The van der Waals surface area contributed by atoms with Gasteiger partial charge in [-0.25, -0.2) is 0 Å². The number of rotatable bonds is 2. The van der Waals surface area contributed by atoms with Gasteiger partial charge in [-0.05, 0) is 34.8 Å². The van der Waals surface area contributed by atoms with Crippen LogP contribution in [0.4, 0.5) is 0 Å². The first-order chi connectivity index (χ1) is 8.58. The van der Waals surface area contributed by atoms with Gasteiger partial charge in [0.05, 0.1) is 5.56 Å². The van der Waals surface area contributed by atoms with Crippen molar-refractivity contribution < 1.29 is 9.59 Å². The fraction of sp³-hybridized carbons (Fsp3) is 0.462. The topological polar surface area (TPSA) is 50.3 Å². The number of aromatic nitrogens is 1. The Labute approximate surface area is 115 Å². The van der Waals surface area contributed by atoms with Crippen LogP contribution in [-0.4, -0.2) is 34.7 Å². The predicted molar refractivity (Wildman–Crippen MR) is 71.3 cm³/mol. The summed E-state index contributed by atoms with van der Waals surface area (Å²) in [6.07, 6.45) is 5.91. The molecule has 1 heterocycles. The lowest BCUT2D eigenvalue weighted by Gasteiger charge is -2.30. The Morgan fingerprint density at radius 3 is 2.67 bits per heavy atom. The fourth-order valence-corrected chi connectivity index (χ4v) is 2.57.